The van der Waals surface area contributed by atoms with Crippen LogP contribution in [-0.2, 0) is 11.1 Å². The van der Waals surface area contributed by atoms with E-state index in [0.29, 0.717) is 0 Å². The third-order valence-corrected chi connectivity index (χ3v) is 16.0. The van der Waals surface area contributed by atoms with Crippen molar-refractivity contribution in [1.82, 2.24) is 0 Å². The van der Waals surface area contributed by atoms with Crippen LogP contribution in [0, 0.1) is 0 Å². The SMILES string of the molecule is CCC(C)(c1ccc(C(C)(CC)N(c2ccccc2)c2ccc(-c3ccc(N(c4ccccc4)c4ccccc4)cc3)cc2)cc1)N(c1ccccc1)c1ccc(-c2ccc(N(C3=CCCC=C3)c3ccccc3)cc2)cc1. The Balaban J connectivity index is 0.872. The van der Waals surface area contributed by atoms with E-state index in [2.05, 4.69) is 339 Å². The number of rotatable bonds is 18. The number of hydrogen-bond donors (Lipinski definition) is 0. The van der Waals surface area contributed by atoms with Crippen molar-refractivity contribution < 1.29 is 0 Å². The molecule has 0 N–H and O–H groups in total. The van der Waals surface area contributed by atoms with Crippen LogP contribution in [0.1, 0.15) is 64.5 Å². The van der Waals surface area contributed by atoms with Gasteiger partial charge < -0.3 is 19.6 Å². The first-order valence-corrected chi connectivity index (χ1v) is 27.7. The van der Waals surface area contributed by atoms with Gasteiger partial charge in [0, 0.05) is 56.9 Å². The topological polar surface area (TPSA) is 13.0 Å². The summed E-state index contributed by atoms with van der Waals surface area (Å²) in [7, 11) is 0. The Labute approximate surface area is 463 Å². The normalized spacial score (nSPS) is 13.6. The van der Waals surface area contributed by atoms with Crippen LogP contribution in [0.3, 0.4) is 0 Å². The highest BCUT2D eigenvalue weighted by molar-refractivity contribution is 5.80. The second-order valence-electron chi connectivity index (χ2n) is 20.6. The van der Waals surface area contributed by atoms with Gasteiger partial charge in [-0.05, 0) is 188 Å². The first kappa shape index (κ1) is 51.0. The molecule has 0 spiro atoms. The smallest absolute Gasteiger partial charge is 0.0671 e. The Morgan fingerprint density at radius 1 is 0.295 bits per heavy atom. The van der Waals surface area contributed by atoms with Crippen molar-refractivity contribution in [1.29, 1.82) is 0 Å². The molecule has 384 valence electrons. The molecule has 11 rings (SSSR count). The van der Waals surface area contributed by atoms with Crippen LogP contribution < -0.4 is 19.6 Å². The maximum absolute atomic E-state index is 2.53. The molecule has 10 aromatic rings. The Hall–Kier alpha value is -9.12. The third kappa shape index (κ3) is 10.4. The number of benzene rings is 10. The van der Waals surface area contributed by atoms with E-state index < -0.39 is 0 Å². The molecule has 0 amide bonds. The standard InChI is InChI=1S/C74H68N4/c1-5-73(3,77(69-33-21-11-22-34-69)71-53-41-59(42-54-71)57-37-49-67(50-38-57)75(63-25-13-7-14-26-63)64-27-15-8-16-28-64)61-45-47-62(48-46-61)74(4,6-2)78(70-35-23-12-24-36-70)72-55-43-60(44-56-72)58-39-51-68(52-40-58)76(65-29-17-9-18-30-65)66-31-19-10-20-32-66/h7-9,11-19,21-56H,5-6,10,20H2,1-4H3. The minimum absolute atomic E-state index is 0.372. The number of para-hydroxylation sites is 5. The van der Waals surface area contributed by atoms with Crippen LogP contribution in [0.5, 0.6) is 0 Å². The highest BCUT2D eigenvalue weighted by atomic mass is 15.2. The molecular formula is C74H68N4. The average Bonchev–Trinajstić information content (AvgIpc) is 3.54. The van der Waals surface area contributed by atoms with Crippen LogP contribution in [0.2, 0.25) is 0 Å². The molecular weight excluding hydrogens is 945 g/mol. The third-order valence-electron chi connectivity index (χ3n) is 16.0. The molecule has 0 heterocycles. The fraction of sp³-hybridized carbons (Fsp3) is 0.135. The molecule has 4 heteroatoms. The molecule has 2 atom stereocenters. The molecule has 1 aliphatic rings. The van der Waals surface area contributed by atoms with Gasteiger partial charge in [0.05, 0.1) is 11.1 Å². The molecule has 0 radical (unpaired) electrons. The van der Waals surface area contributed by atoms with Crippen molar-refractivity contribution in [3.05, 3.63) is 308 Å². The molecule has 0 aliphatic heterocycles. The molecule has 1 aliphatic carbocycles. The van der Waals surface area contributed by atoms with E-state index in [1.807, 2.05) is 0 Å². The average molecular weight is 1010 g/mol. The minimum Gasteiger partial charge on any atom is -0.331 e. The number of nitrogens with zero attached hydrogens (tertiary/aromatic N) is 4. The molecule has 0 aromatic heterocycles. The van der Waals surface area contributed by atoms with Crippen LogP contribution in [0.4, 0.5) is 51.2 Å². The van der Waals surface area contributed by atoms with Crippen LogP contribution in [0.15, 0.2) is 297 Å². The van der Waals surface area contributed by atoms with Gasteiger partial charge in [0.2, 0.25) is 0 Å². The molecule has 0 bridgehead atoms. The highest BCUT2D eigenvalue weighted by Crippen LogP contribution is 2.46. The van der Waals surface area contributed by atoms with Gasteiger partial charge in [-0.25, -0.2) is 0 Å². The number of allylic oxidation sites excluding steroid dienone is 3. The predicted octanol–water partition coefficient (Wildman–Crippen LogP) is 20.8. The lowest BCUT2D eigenvalue weighted by Crippen LogP contribution is -2.42. The summed E-state index contributed by atoms with van der Waals surface area (Å²) >= 11 is 0. The van der Waals surface area contributed by atoms with Gasteiger partial charge in [0.1, 0.15) is 0 Å². The Kier molecular flexibility index (Phi) is 15.0. The summed E-state index contributed by atoms with van der Waals surface area (Å²) in [5.74, 6) is 0. The fourth-order valence-corrected chi connectivity index (χ4v) is 11.4. The molecule has 4 nitrogen and oxygen atoms in total. The number of hydrogen-bond acceptors (Lipinski definition) is 4. The van der Waals surface area contributed by atoms with Crippen LogP contribution in [0.25, 0.3) is 22.3 Å². The van der Waals surface area contributed by atoms with Crippen LogP contribution >= 0.6 is 0 Å². The van der Waals surface area contributed by atoms with Crippen molar-refractivity contribution in [3.8, 4) is 22.3 Å². The van der Waals surface area contributed by atoms with Crippen molar-refractivity contribution >= 4 is 51.2 Å². The molecule has 78 heavy (non-hydrogen) atoms. The van der Waals surface area contributed by atoms with E-state index in [1.165, 1.54) is 39.1 Å². The lowest BCUT2D eigenvalue weighted by atomic mass is 9.81. The highest BCUT2D eigenvalue weighted by Gasteiger charge is 2.37. The summed E-state index contributed by atoms with van der Waals surface area (Å²) in [5.41, 5.74) is 18.0. The van der Waals surface area contributed by atoms with Gasteiger partial charge >= 0.3 is 0 Å². The molecule has 2 unspecified atom stereocenters. The Bertz CT molecular complexity index is 3520. The van der Waals surface area contributed by atoms with E-state index in [4.69, 9.17) is 0 Å². The fourth-order valence-electron chi connectivity index (χ4n) is 11.4. The molecule has 0 saturated heterocycles. The van der Waals surface area contributed by atoms with Gasteiger partial charge in [-0.1, -0.05) is 190 Å². The zero-order chi connectivity index (χ0) is 53.3. The summed E-state index contributed by atoms with van der Waals surface area (Å²) in [6, 6.07) is 99.3. The molecule has 0 saturated carbocycles. The van der Waals surface area contributed by atoms with Crippen LogP contribution in [-0.4, -0.2) is 0 Å². The van der Waals surface area contributed by atoms with Crippen molar-refractivity contribution in [2.45, 2.75) is 64.5 Å². The van der Waals surface area contributed by atoms with Gasteiger partial charge in [0.15, 0.2) is 0 Å². The van der Waals surface area contributed by atoms with E-state index in [0.717, 1.165) is 76.9 Å². The van der Waals surface area contributed by atoms with E-state index >= 15 is 0 Å². The minimum atomic E-state index is -0.374. The lowest BCUT2D eigenvalue weighted by molar-refractivity contribution is 0.454. The van der Waals surface area contributed by atoms with Crippen molar-refractivity contribution in [2.24, 2.45) is 0 Å². The predicted molar refractivity (Wildman–Crippen MR) is 332 cm³/mol. The van der Waals surface area contributed by atoms with Crippen molar-refractivity contribution in [3.63, 3.8) is 0 Å². The molecule has 0 fully saturated rings. The van der Waals surface area contributed by atoms with Gasteiger partial charge in [-0.3, -0.25) is 0 Å². The first-order valence-electron chi connectivity index (χ1n) is 27.7. The maximum Gasteiger partial charge on any atom is 0.0671 e. The summed E-state index contributed by atoms with van der Waals surface area (Å²) in [6.45, 7) is 9.41. The zero-order valence-electron chi connectivity index (χ0n) is 45.3. The number of anilines is 9. The van der Waals surface area contributed by atoms with Crippen molar-refractivity contribution in [2.75, 3.05) is 19.6 Å². The largest absolute Gasteiger partial charge is 0.331 e. The second-order valence-corrected chi connectivity index (χ2v) is 20.6. The quantitative estimate of drug-likeness (QED) is 0.0849. The van der Waals surface area contributed by atoms with E-state index in [-0.39, 0.29) is 11.1 Å². The Morgan fingerprint density at radius 2 is 0.564 bits per heavy atom. The first-order chi connectivity index (χ1) is 38.3. The summed E-state index contributed by atoms with van der Waals surface area (Å²) in [6.07, 6.45) is 10.8. The lowest BCUT2D eigenvalue weighted by Gasteiger charge is -2.45. The molecule has 10 aromatic carbocycles. The Morgan fingerprint density at radius 3 is 0.872 bits per heavy atom. The van der Waals surface area contributed by atoms with Gasteiger partial charge in [-0.15, -0.1) is 0 Å². The second kappa shape index (κ2) is 23.0. The zero-order valence-corrected chi connectivity index (χ0v) is 45.3. The van der Waals surface area contributed by atoms with E-state index in [9.17, 15) is 0 Å². The maximum atomic E-state index is 2.53. The van der Waals surface area contributed by atoms with Gasteiger partial charge in [0.25, 0.3) is 0 Å². The summed E-state index contributed by atoms with van der Waals surface area (Å²) < 4.78 is 0. The summed E-state index contributed by atoms with van der Waals surface area (Å²) in [4.78, 5) is 9.72. The van der Waals surface area contributed by atoms with Gasteiger partial charge in [-0.2, -0.15) is 0 Å². The summed E-state index contributed by atoms with van der Waals surface area (Å²) in [5, 5.41) is 0. The van der Waals surface area contributed by atoms with E-state index in [1.54, 1.807) is 0 Å². The monoisotopic (exact) mass is 1010 g/mol.